The molecule has 0 amide bonds. The lowest BCUT2D eigenvalue weighted by Gasteiger charge is -2.36. The maximum Gasteiger partial charge on any atom is 0.341 e. The lowest BCUT2D eigenvalue weighted by atomic mass is 10.1. The molecule has 4 rings (SSSR count). The molecule has 0 saturated carbocycles. The van der Waals surface area contributed by atoms with Crippen molar-refractivity contribution in [2.75, 3.05) is 38.6 Å². The summed E-state index contributed by atoms with van der Waals surface area (Å²) < 4.78 is 6.90. The van der Waals surface area contributed by atoms with Crippen LogP contribution in [0.4, 0.5) is 5.00 Å². The van der Waals surface area contributed by atoms with E-state index < -0.39 is 0 Å². The van der Waals surface area contributed by atoms with E-state index in [2.05, 4.69) is 33.3 Å². The second-order valence-electron chi connectivity index (χ2n) is 7.66. The number of aromatic nitrogens is 2. The summed E-state index contributed by atoms with van der Waals surface area (Å²) in [7, 11) is 3.40. The molecule has 0 aromatic carbocycles. The van der Waals surface area contributed by atoms with E-state index in [1.165, 1.54) is 17.6 Å². The van der Waals surface area contributed by atoms with Crippen LogP contribution in [0.25, 0.3) is 0 Å². The predicted molar refractivity (Wildman–Crippen MR) is 119 cm³/mol. The quantitative estimate of drug-likeness (QED) is 0.587. The second-order valence-corrected chi connectivity index (χ2v) is 9.15. The van der Waals surface area contributed by atoms with E-state index in [1.807, 2.05) is 11.7 Å². The Hall–Kier alpha value is -1.97. The molecule has 2 aromatic rings. The van der Waals surface area contributed by atoms with Gasteiger partial charge in [-0.3, -0.25) is 9.58 Å². The molecule has 0 atom stereocenters. The molecule has 9 heteroatoms. The number of hydrogen-bond donors (Lipinski definition) is 1. The first-order valence-corrected chi connectivity index (χ1v) is 11.2. The molecule has 1 fully saturated rings. The van der Waals surface area contributed by atoms with E-state index in [9.17, 15) is 4.79 Å². The van der Waals surface area contributed by atoms with Gasteiger partial charge in [0, 0.05) is 56.4 Å². The van der Waals surface area contributed by atoms with Crippen LogP contribution in [-0.2, 0) is 31.2 Å². The summed E-state index contributed by atoms with van der Waals surface area (Å²) in [6.45, 7) is 6.59. The number of methoxy groups -OCH3 is 1. The Morgan fingerprint density at radius 3 is 2.72 bits per heavy atom. The van der Waals surface area contributed by atoms with E-state index in [1.54, 1.807) is 11.3 Å². The number of carbonyl (C=O) groups excluding carboxylic acids is 1. The Kier molecular flexibility index (Phi) is 5.89. The average Bonchev–Trinajstić information content (AvgIpc) is 3.36. The van der Waals surface area contributed by atoms with Gasteiger partial charge >= 0.3 is 5.97 Å². The number of ether oxygens (including phenoxy) is 1. The lowest BCUT2D eigenvalue weighted by Crippen LogP contribution is -2.49. The molecular weight excluding hydrogens is 406 g/mol. The minimum atomic E-state index is -0.272. The first-order valence-electron chi connectivity index (χ1n) is 9.96. The van der Waals surface area contributed by atoms with Gasteiger partial charge in [-0.1, -0.05) is 0 Å². The SMILES string of the molecule is COC(=O)c1c(NC(=S)N2CCN(Cc3cn(C)nc3C)CC2)sc2c1CCC2. The third-order valence-electron chi connectivity index (χ3n) is 5.70. The zero-order valence-electron chi connectivity index (χ0n) is 17.2. The zero-order valence-corrected chi connectivity index (χ0v) is 18.8. The molecule has 1 aliphatic heterocycles. The van der Waals surface area contributed by atoms with Crippen LogP contribution in [0.1, 0.15) is 38.5 Å². The fraction of sp³-hybridized carbons (Fsp3) is 0.550. The van der Waals surface area contributed by atoms with Crippen LogP contribution < -0.4 is 5.32 Å². The molecule has 29 heavy (non-hydrogen) atoms. The number of anilines is 1. The van der Waals surface area contributed by atoms with Crippen LogP contribution in [0.15, 0.2) is 6.20 Å². The monoisotopic (exact) mass is 433 g/mol. The molecule has 1 saturated heterocycles. The normalized spacial score (nSPS) is 16.7. The number of carbonyl (C=O) groups is 1. The summed E-state index contributed by atoms with van der Waals surface area (Å²) in [5, 5.41) is 9.29. The van der Waals surface area contributed by atoms with Gasteiger partial charge in [0.25, 0.3) is 0 Å². The number of thiophene rings is 1. The molecule has 0 radical (unpaired) electrons. The number of thiocarbonyl (C=S) groups is 1. The predicted octanol–water partition coefficient (Wildman–Crippen LogP) is 2.58. The maximum absolute atomic E-state index is 12.3. The number of aryl methyl sites for hydroxylation is 3. The van der Waals surface area contributed by atoms with Gasteiger partial charge in [0.2, 0.25) is 0 Å². The van der Waals surface area contributed by atoms with Gasteiger partial charge in [-0.15, -0.1) is 11.3 Å². The van der Waals surface area contributed by atoms with Gasteiger partial charge < -0.3 is 15.0 Å². The summed E-state index contributed by atoms with van der Waals surface area (Å²) in [5.74, 6) is -0.272. The van der Waals surface area contributed by atoms with Gasteiger partial charge in [0.05, 0.1) is 18.4 Å². The Balaban J connectivity index is 1.37. The van der Waals surface area contributed by atoms with E-state index >= 15 is 0 Å². The van der Waals surface area contributed by atoms with Crippen LogP contribution in [0, 0.1) is 6.92 Å². The highest BCUT2D eigenvalue weighted by atomic mass is 32.1. The molecule has 2 aliphatic rings. The summed E-state index contributed by atoms with van der Waals surface area (Å²) >= 11 is 7.32. The minimum absolute atomic E-state index is 0.272. The van der Waals surface area contributed by atoms with E-state index in [-0.39, 0.29) is 5.97 Å². The fourth-order valence-corrected chi connectivity index (χ4v) is 5.77. The standard InChI is InChI=1S/C20H27N5O2S2/c1-13-14(11-23(2)22-13)12-24-7-9-25(10-8-24)20(28)21-18-17(19(26)27-3)15-5-4-6-16(15)29-18/h11H,4-10,12H2,1-3H3,(H,21,28). The van der Waals surface area contributed by atoms with Crippen LogP contribution in [0.3, 0.4) is 0 Å². The van der Waals surface area contributed by atoms with E-state index in [0.717, 1.165) is 68.2 Å². The van der Waals surface area contributed by atoms with Crippen molar-refractivity contribution in [2.24, 2.45) is 7.05 Å². The fourth-order valence-electron chi connectivity index (χ4n) is 4.14. The van der Waals surface area contributed by atoms with Gasteiger partial charge in [-0.2, -0.15) is 5.10 Å². The van der Waals surface area contributed by atoms with E-state index in [4.69, 9.17) is 17.0 Å². The smallest absolute Gasteiger partial charge is 0.341 e. The first-order chi connectivity index (χ1) is 14.0. The topological polar surface area (TPSA) is 62.6 Å². The van der Waals surface area contributed by atoms with Gasteiger partial charge in [0.1, 0.15) is 5.00 Å². The summed E-state index contributed by atoms with van der Waals surface area (Å²) in [4.78, 5) is 18.2. The lowest BCUT2D eigenvalue weighted by molar-refractivity contribution is 0.0601. The number of nitrogens with one attached hydrogen (secondary N) is 1. The molecule has 7 nitrogen and oxygen atoms in total. The molecular formula is C20H27N5O2S2. The summed E-state index contributed by atoms with van der Waals surface area (Å²) in [5.41, 5.74) is 4.19. The Labute approximate surface area is 180 Å². The number of rotatable bonds is 4. The van der Waals surface area contributed by atoms with Gasteiger partial charge in [-0.05, 0) is 44.0 Å². The molecule has 0 unspecified atom stereocenters. The number of hydrogen-bond acceptors (Lipinski definition) is 6. The Morgan fingerprint density at radius 1 is 1.31 bits per heavy atom. The number of piperazine rings is 1. The molecule has 3 heterocycles. The van der Waals surface area contributed by atoms with Gasteiger partial charge in [-0.25, -0.2) is 4.79 Å². The van der Waals surface area contributed by atoms with Crippen molar-refractivity contribution in [2.45, 2.75) is 32.7 Å². The van der Waals surface area contributed by atoms with Crippen molar-refractivity contribution in [1.29, 1.82) is 0 Å². The summed E-state index contributed by atoms with van der Waals surface area (Å²) in [6, 6.07) is 0. The zero-order chi connectivity index (χ0) is 20.5. The molecule has 1 N–H and O–H groups in total. The second kappa shape index (κ2) is 8.41. The summed E-state index contributed by atoms with van der Waals surface area (Å²) in [6.07, 6.45) is 5.18. The van der Waals surface area contributed by atoms with Crippen molar-refractivity contribution < 1.29 is 9.53 Å². The molecule has 1 aliphatic carbocycles. The van der Waals surface area contributed by atoms with Crippen molar-refractivity contribution in [3.8, 4) is 0 Å². The first kappa shape index (κ1) is 20.3. The Morgan fingerprint density at radius 2 is 2.07 bits per heavy atom. The van der Waals surface area contributed by atoms with Crippen molar-refractivity contribution >= 4 is 39.6 Å². The van der Waals surface area contributed by atoms with Crippen molar-refractivity contribution in [3.05, 3.63) is 33.5 Å². The van der Waals surface area contributed by atoms with Crippen molar-refractivity contribution in [1.82, 2.24) is 19.6 Å². The highest BCUT2D eigenvalue weighted by molar-refractivity contribution is 7.80. The Bertz CT molecular complexity index is 928. The van der Waals surface area contributed by atoms with Crippen molar-refractivity contribution in [3.63, 3.8) is 0 Å². The third kappa shape index (κ3) is 4.17. The minimum Gasteiger partial charge on any atom is -0.465 e. The van der Waals surface area contributed by atoms with Crippen LogP contribution in [0.2, 0.25) is 0 Å². The highest BCUT2D eigenvalue weighted by Crippen LogP contribution is 2.39. The number of esters is 1. The average molecular weight is 434 g/mol. The highest BCUT2D eigenvalue weighted by Gasteiger charge is 2.28. The molecule has 0 bridgehead atoms. The van der Waals surface area contributed by atoms with Crippen LogP contribution in [-0.4, -0.2) is 64.0 Å². The largest absolute Gasteiger partial charge is 0.465 e. The number of nitrogens with zero attached hydrogens (tertiary/aromatic N) is 4. The van der Waals surface area contributed by atoms with Crippen LogP contribution in [0.5, 0.6) is 0 Å². The molecule has 156 valence electrons. The van der Waals surface area contributed by atoms with Crippen LogP contribution >= 0.6 is 23.6 Å². The third-order valence-corrected chi connectivity index (χ3v) is 7.27. The maximum atomic E-state index is 12.3. The van der Waals surface area contributed by atoms with Gasteiger partial charge in [0.15, 0.2) is 5.11 Å². The van der Waals surface area contributed by atoms with E-state index in [0.29, 0.717) is 10.7 Å². The molecule has 2 aromatic heterocycles. The number of fused-ring (bicyclic) bond motifs is 1. The molecule has 0 spiro atoms.